The third-order valence-electron chi connectivity index (χ3n) is 6.51. The molecule has 2 heterocycles. The van der Waals surface area contributed by atoms with Crippen LogP contribution in [-0.2, 0) is 35.5 Å². The Morgan fingerprint density at radius 1 is 1.21 bits per heavy atom. The Morgan fingerprint density at radius 3 is 2.77 bits per heavy atom. The summed E-state index contributed by atoms with van der Waals surface area (Å²) in [5.41, 5.74) is 3.11. The molecule has 0 saturated carbocycles. The maximum absolute atomic E-state index is 13.2. The number of nitrogens with one attached hydrogen (secondary N) is 2. The van der Waals surface area contributed by atoms with Crippen molar-refractivity contribution >= 4 is 45.9 Å². The summed E-state index contributed by atoms with van der Waals surface area (Å²) in [7, 11) is 0. The van der Waals surface area contributed by atoms with Crippen molar-refractivity contribution < 1.29 is 19.1 Å². The molecule has 3 aromatic rings. The van der Waals surface area contributed by atoms with Crippen LogP contribution in [0.4, 0.5) is 5.00 Å². The number of aryl methyl sites for hydroxylation is 2. The third kappa shape index (κ3) is 6.88. The van der Waals surface area contributed by atoms with Crippen LogP contribution in [-0.4, -0.2) is 44.4 Å². The number of nitrogens with zero attached hydrogens (tertiary/aromatic N) is 3. The van der Waals surface area contributed by atoms with Gasteiger partial charge < -0.3 is 19.9 Å². The molecule has 39 heavy (non-hydrogen) atoms. The van der Waals surface area contributed by atoms with Gasteiger partial charge in [0.2, 0.25) is 5.91 Å². The molecule has 1 unspecified atom stereocenters. The van der Waals surface area contributed by atoms with E-state index in [-0.39, 0.29) is 30.9 Å². The number of benzene rings is 1. The normalized spacial score (nSPS) is 13.1. The summed E-state index contributed by atoms with van der Waals surface area (Å²) in [5, 5.41) is 15.3. The van der Waals surface area contributed by atoms with Crippen molar-refractivity contribution in [3.05, 3.63) is 57.2 Å². The van der Waals surface area contributed by atoms with Crippen LogP contribution in [0.2, 0.25) is 0 Å². The minimum atomic E-state index is -0.490. The Kier molecular flexibility index (Phi) is 9.79. The van der Waals surface area contributed by atoms with Crippen LogP contribution in [0.3, 0.4) is 0 Å². The van der Waals surface area contributed by atoms with Crippen LogP contribution in [0.15, 0.2) is 29.4 Å². The average molecular weight is 570 g/mol. The van der Waals surface area contributed by atoms with E-state index in [0.29, 0.717) is 33.7 Å². The van der Waals surface area contributed by atoms with Gasteiger partial charge in [0.1, 0.15) is 5.00 Å². The summed E-state index contributed by atoms with van der Waals surface area (Å²) in [6.45, 7) is 8.83. The van der Waals surface area contributed by atoms with Gasteiger partial charge in [-0.25, -0.2) is 4.79 Å². The molecule has 0 fully saturated rings. The molecule has 1 aromatic carbocycles. The van der Waals surface area contributed by atoms with Crippen molar-refractivity contribution in [1.29, 1.82) is 0 Å². The van der Waals surface area contributed by atoms with Crippen LogP contribution in [0.5, 0.6) is 0 Å². The highest BCUT2D eigenvalue weighted by Crippen LogP contribution is 2.40. The van der Waals surface area contributed by atoms with Gasteiger partial charge >= 0.3 is 5.97 Å². The van der Waals surface area contributed by atoms with E-state index in [1.165, 1.54) is 23.1 Å². The van der Waals surface area contributed by atoms with Gasteiger partial charge in [0.05, 0.1) is 24.0 Å². The maximum atomic E-state index is 13.2. The third-order valence-corrected chi connectivity index (χ3v) is 8.79. The second-order valence-corrected chi connectivity index (χ2v) is 11.9. The molecule has 208 valence electrons. The smallest absolute Gasteiger partial charge is 0.341 e. The van der Waals surface area contributed by atoms with Crippen molar-refractivity contribution in [2.75, 3.05) is 11.9 Å². The van der Waals surface area contributed by atoms with Crippen molar-refractivity contribution in [2.45, 2.75) is 83.3 Å². The molecule has 1 aliphatic carbocycles. The number of thioether (sulfide) groups is 1. The summed E-state index contributed by atoms with van der Waals surface area (Å²) >= 11 is 2.78. The average Bonchev–Trinajstić information content (AvgIpc) is 3.60. The lowest BCUT2D eigenvalue weighted by Crippen LogP contribution is -2.25. The number of thiophene rings is 1. The topological polar surface area (TPSA) is 115 Å². The Labute approximate surface area is 237 Å². The first kappa shape index (κ1) is 28.8. The van der Waals surface area contributed by atoms with E-state index < -0.39 is 5.25 Å². The molecule has 4 rings (SSSR count). The number of carbonyl (C=O) groups is 3. The predicted molar refractivity (Wildman–Crippen MR) is 154 cm³/mol. The lowest BCUT2D eigenvalue weighted by atomic mass is 10.1. The number of aromatic nitrogens is 3. The molecule has 1 aliphatic rings. The quantitative estimate of drug-likeness (QED) is 0.229. The Bertz CT molecular complexity index is 1350. The summed E-state index contributed by atoms with van der Waals surface area (Å²) < 4.78 is 7.25. The molecule has 0 saturated heterocycles. The first-order valence-corrected chi connectivity index (χ1v) is 15.1. The Hall–Kier alpha value is -3.18. The molecule has 11 heteroatoms. The highest BCUT2D eigenvalue weighted by Gasteiger charge is 2.29. The fourth-order valence-electron chi connectivity index (χ4n) is 4.46. The summed E-state index contributed by atoms with van der Waals surface area (Å²) in [6, 6.07) is 7.42. The maximum Gasteiger partial charge on any atom is 0.341 e. The number of rotatable bonds is 12. The van der Waals surface area contributed by atoms with Crippen LogP contribution in [0, 0.1) is 6.92 Å². The zero-order valence-corrected chi connectivity index (χ0v) is 24.5. The molecule has 2 amide bonds. The van der Waals surface area contributed by atoms with Gasteiger partial charge in [0.25, 0.3) is 5.91 Å². The number of fused-ring (bicyclic) bond motifs is 1. The highest BCUT2D eigenvalue weighted by molar-refractivity contribution is 8.00. The summed E-state index contributed by atoms with van der Waals surface area (Å²) in [6.07, 6.45) is 4.64. The monoisotopic (exact) mass is 569 g/mol. The standard InChI is InChI=1S/C28H35N5O4S2/c1-5-7-14-33-22(16-29-25(35)19-11-8-10-17(3)15-19)31-32-28(33)38-18(4)24(34)30-26-23(27(36)37-6-2)20-12-9-13-21(20)39-26/h8,10-11,15,18H,5-7,9,12-14,16H2,1-4H3,(H,29,35)(H,30,34). The van der Waals surface area contributed by atoms with E-state index in [4.69, 9.17) is 4.74 Å². The molecular weight excluding hydrogens is 534 g/mol. The fourth-order valence-corrected chi connectivity index (χ4v) is 6.64. The van der Waals surface area contributed by atoms with Gasteiger partial charge in [0.15, 0.2) is 11.0 Å². The SMILES string of the molecule is CCCCn1c(CNC(=O)c2cccc(C)c2)nnc1SC(C)C(=O)Nc1sc2c(c1C(=O)OCC)CCC2. The second kappa shape index (κ2) is 13.3. The van der Waals surface area contributed by atoms with Gasteiger partial charge in [0, 0.05) is 17.0 Å². The molecule has 0 bridgehead atoms. The molecule has 2 aromatic heterocycles. The van der Waals surface area contributed by atoms with E-state index in [0.717, 1.165) is 48.1 Å². The lowest BCUT2D eigenvalue weighted by Gasteiger charge is -2.14. The number of amides is 2. The first-order chi connectivity index (χ1) is 18.8. The number of carbonyl (C=O) groups excluding carboxylic acids is 3. The first-order valence-electron chi connectivity index (χ1n) is 13.4. The van der Waals surface area contributed by atoms with Crippen LogP contribution in [0.1, 0.15) is 82.6 Å². The van der Waals surface area contributed by atoms with E-state index in [1.807, 2.05) is 36.6 Å². The highest BCUT2D eigenvalue weighted by atomic mass is 32.2. The van der Waals surface area contributed by atoms with Crippen LogP contribution < -0.4 is 10.6 Å². The molecule has 0 radical (unpaired) electrons. The minimum Gasteiger partial charge on any atom is -0.462 e. The number of hydrogen-bond donors (Lipinski definition) is 2. The predicted octanol–water partition coefficient (Wildman–Crippen LogP) is 5.16. The van der Waals surface area contributed by atoms with Gasteiger partial charge in [-0.2, -0.15) is 0 Å². The van der Waals surface area contributed by atoms with Crippen LogP contribution in [0.25, 0.3) is 0 Å². The molecule has 9 nitrogen and oxygen atoms in total. The van der Waals surface area contributed by atoms with Gasteiger partial charge in [-0.1, -0.05) is 42.8 Å². The van der Waals surface area contributed by atoms with E-state index >= 15 is 0 Å². The Morgan fingerprint density at radius 2 is 2.03 bits per heavy atom. The Balaban J connectivity index is 1.45. The number of esters is 1. The fraction of sp³-hybridized carbons (Fsp3) is 0.464. The van der Waals surface area contributed by atoms with Gasteiger partial charge in [-0.05, 0) is 64.2 Å². The van der Waals surface area contributed by atoms with Gasteiger partial charge in [-0.3, -0.25) is 9.59 Å². The zero-order chi connectivity index (χ0) is 27.9. The van der Waals surface area contributed by atoms with E-state index in [2.05, 4.69) is 27.8 Å². The van der Waals surface area contributed by atoms with E-state index in [1.54, 1.807) is 13.0 Å². The van der Waals surface area contributed by atoms with Crippen molar-refractivity contribution in [2.24, 2.45) is 0 Å². The largest absolute Gasteiger partial charge is 0.462 e. The van der Waals surface area contributed by atoms with Gasteiger partial charge in [-0.15, -0.1) is 21.5 Å². The molecular formula is C28H35N5O4S2. The lowest BCUT2D eigenvalue weighted by molar-refractivity contribution is -0.115. The zero-order valence-electron chi connectivity index (χ0n) is 22.8. The molecule has 0 aliphatic heterocycles. The van der Waals surface area contributed by atoms with Crippen molar-refractivity contribution in [3.63, 3.8) is 0 Å². The number of ether oxygens (including phenoxy) is 1. The van der Waals surface area contributed by atoms with Crippen molar-refractivity contribution in [3.8, 4) is 0 Å². The number of hydrogen-bond acceptors (Lipinski definition) is 8. The number of anilines is 1. The summed E-state index contributed by atoms with van der Waals surface area (Å²) in [4.78, 5) is 39.7. The minimum absolute atomic E-state index is 0.175. The van der Waals surface area contributed by atoms with E-state index in [9.17, 15) is 14.4 Å². The second-order valence-electron chi connectivity index (χ2n) is 9.49. The summed E-state index contributed by atoms with van der Waals surface area (Å²) in [5.74, 6) is -0.140. The molecule has 0 spiro atoms. The van der Waals surface area contributed by atoms with Crippen LogP contribution >= 0.6 is 23.1 Å². The molecule has 2 N–H and O–H groups in total. The molecule has 1 atom stereocenters. The number of unbranched alkanes of at least 4 members (excludes halogenated alkanes) is 1. The van der Waals surface area contributed by atoms with Crippen molar-refractivity contribution in [1.82, 2.24) is 20.1 Å².